The summed E-state index contributed by atoms with van der Waals surface area (Å²) in [6, 6.07) is 12.2. The molecule has 6 rings (SSSR count). The Balaban J connectivity index is 1.34. The number of carbonyl (C=O) groups excluding carboxylic acids is 1. The van der Waals surface area contributed by atoms with Gasteiger partial charge in [0, 0.05) is 42.5 Å². The number of ether oxygens (including phenoxy) is 1. The van der Waals surface area contributed by atoms with Crippen molar-refractivity contribution in [3.8, 4) is 5.75 Å². The highest BCUT2D eigenvalue weighted by Gasteiger charge is 2.46. The maximum Gasteiger partial charge on any atom is 0.339 e. The number of amides is 1. The molecule has 0 spiro atoms. The summed E-state index contributed by atoms with van der Waals surface area (Å²) in [5, 5.41) is 9.86. The van der Waals surface area contributed by atoms with Gasteiger partial charge in [-0.15, -0.1) is 0 Å². The van der Waals surface area contributed by atoms with Crippen LogP contribution in [-0.4, -0.2) is 52.3 Å². The lowest BCUT2D eigenvalue weighted by Gasteiger charge is -2.41. The average Bonchev–Trinajstić information content (AvgIpc) is 3.06. The molecular weight excluding hydrogens is 661 g/mol. The Morgan fingerprint density at radius 3 is 2.24 bits per heavy atom. The number of rotatable bonds is 11. The van der Waals surface area contributed by atoms with Crippen molar-refractivity contribution in [1.29, 1.82) is 0 Å². The van der Waals surface area contributed by atoms with Crippen molar-refractivity contribution >= 4 is 27.6 Å². The molecule has 3 aromatic carbocycles. The summed E-state index contributed by atoms with van der Waals surface area (Å²) in [7, 11) is -4.91. The number of carboxylic acid groups (broad SMARTS) is 1. The molecule has 2 heterocycles. The highest BCUT2D eigenvalue weighted by Crippen LogP contribution is 2.35. The second kappa shape index (κ2) is 14.3. The molecule has 10 nitrogen and oxygen atoms in total. The van der Waals surface area contributed by atoms with Gasteiger partial charge in [0.25, 0.3) is 0 Å². The van der Waals surface area contributed by atoms with Gasteiger partial charge in [0.15, 0.2) is 4.90 Å². The summed E-state index contributed by atoms with van der Waals surface area (Å²) in [4.78, 5) is 35.3. The first-order chi connectivity index (χ1) is 23.5. The minimum atomic E-state index is -4.91. The molecule has 1 saturated heterocycles. The lowest BCUT2D eigenvalue weighted by atomic mass is 9.87. The van der Waals surface area contributed by atoms with Crippen molar-refractivity contribution in [3.63, 3.8) is 0 Å². The lowest BCUT2D eigenvalue weighted by molar-refractivity contribution is -0.125. The summed E-state index contributed by atoms with van der Waals surface area (Å²) in [5.41, 5.74) is 1.97. The quantitative estimate of drug-likeness (QED) is 0.196. The number of aromatic carboxylic acids is 1. The largest absolute Gasteiger partial charge is 0.488 e. The maximum atomic E-state index is 14.6. The van der Waals surface area contributed by atoms with Crippen LogP contribution >= 0.6 is 0 Å². The van der Waals surface area contributed by atoms with Gasteiger partial charge in [-0.25, -0.2) is 26.4 Å². The minimum Gasteiger partial charge on any atom is -0.488 e. The summed E-state index contributed by atoms with van der Waals surface area (Å²) < 4.78 is 76.2. The first-order valence-electron chi connectivity index (χ1n) is 15.9. The zero-order chi connectivity index (χ0) is 34.7. The Hall–Kier alpha value is -4.82. The van der Waals surface area contributed by atoms with Gasteiger partial charge in [-0.3, -0.25) is 14.8 Å². The molecule has 14 heteroatoms. The fourth-order valence-corrected chi connectivity index (χ4v) is 7.92. The van der Waals surface area contributed by atoms with Crippen LogP contribution < -0.4 is 9.64 Å². The molecular formula is C35H33F3N4O6S. The summed E-state index contributed by atoms with van der Waals surface area (Å²) in [6.45, 7) is -0.386. The van der Waals surface area contributed by atoms with Crippen LogP contribution in [0.5, 0.6) is 5.75 Å². The van der Waals surface area contributed by atoms with E-state index in [1.54, 1.807) is 36.7 Å². The van der Waals surface area contributed by atoms with Gasteiger partial charge in [0.2, 0.25) is 15.9 Å². The van der Waals surface area contributed by atoms with E-state index >= 15 is 0 Å². The van der Waals surface area contributed by atoms with E-state index in [9.17, 15) is 36.3 Å². The highest BCUT2D eigenvalue weighted by molar-refractivity contribution is 7.89. The third kappa shape index (κ3) is 7.30. The van der Waals surface area contributed by atoms with E-state index in [2.05, 4.69) is 9.97 Å². The average molecular weight is 695 g/mol. The fraction of sp³-hybridized carbons (Fsp3) is 0.314. The van der Waals surface area contributed by atoms with Crippen LogP contribution in [0.2, 0.25) is 0 Å². The van der Waals surface area contributed by atoms with Crippen molar-refractivity contribution in [2.24, 2.45) is 0 Å². The monoisotopic (exact) mass is 694 g/mol. The Morgan fingerprint density at radius 1 is 0.918 bits per heavy atom. The molecule has 256 valence electrons. The summed E-state index contributed by atoms with van der Waals surface area (Å²) >= 11 is 0. The lowest BCUT2D eigenvalue weighted by Crippen LogP contribution is -2.59. The van der Waals surface area contributed by atoms with Crippen molar-refractivity contribution in [3.05, 3.63) is 113 Å². The van der Waals surface area contributed by atoms with Gasteiger partial charge < -0.3 is 14.7 Å². The number of hydrogen-bond donors (Lipinski definition) is 1. The first-order valence-corrected chi connectivity index (χ1v) is 17.3. The Labute approximate surface area is 281 Å². The third-order valence-corrected chi connectivity index (χ3v) is 10.8. The molecule has 1 aliphatic carbocycles. The molecule has 1 amide bonds. The van der Waals surface area contributed by atoms with Crippen LogP contribution in [0.3, 0.4) is 0 Å². The van der Waals surface area contributed by atoms with E-state index in [4.69, 9.17) is 4.74 Å². The topological polar surface area (TPSA) is 130 Å². The number of carbonyl (C=O) groups is 2. The summed E-state index contributed by atoms with van der Waals surface area (Å²) in [6.07, 6.45) is 8.61. The number of hydrogen-bond acceptors (Lipinski definition) is 7. The normalized spacial score (nSPS) is 16.9. The number of nitrogens with zero attached hydrogens (tertiary/aromatic N) is 4. The van der Waals surface area contributed by atoms with Gasteiger partial charge in [0.05, 0.1) is 24.1 Å². The molecule has 2 fully saturated rings. The summed E-state index contributed by atoms with van der Waals surface area (Å²) in [5.74, 6) is -6.32. The first kappa shape index (κ1) is 34.1. The Morgan fingerprint density at radius 2 is 1.63 bits per heavy atom. The van der Waals surface area contributed by atoms with Crippen LogP contribution in [0.15, 0.2) is 78.0 Å². The molecule has 49 heavy (non-hydrogen) atoms. The highest BCUT2D eigenvalue weighted by atomic mass is 32.2. The van der Waals surface area contributed by atoms with Gasteiger partial charge in [0.1, 0.15) is 41.4 Å². The number of carboxylic acids is 1. The zero-order valence-electron chi connectivity index (χ0n) is 26.3. The molecule has 1 aromatic heterocycles. The van der Waals surface area contributed by atoms with E-state index in [-0.39, 0.29) is 61.2 Å². The number of anilines is 1. The van der Waals surface area contributed by atoms with Crippen LogP contribution in [-0.2, 0) is 28.0 Å². The van der Waals surface area contributed by atoms with E-state index in [1.807, 2.05) is 6.07 Å². The molecule has 0 bridgehead atoms. The van der Waals surface area contributed by atoms with Gasteiger partial charge in [-0.05, 0) is 37.0 Å². The number of halogens is 3. The van der Waals surface area contributed by atoms with Gasteiger partial charge in [-0.1, -0.05) is 49.6 Å². The minimum absolute atomic E-state index is 0.0237. The van der Waals surface area contributed by atoms with E-state index in [0.29, 0.717) is 10.00 Å². The molecule has 0 radical (unpaired) electrons. The number of aromatic nitrogens is 2. The maximum absolute atomic E-state index is 14.6. The smallest absolute Gasteiger partial charge is 0.339 e. The molecule has 2 aliphatic rings. The second-order valence-corrected chi connectivity index (χ2v) is 13.9. The van der Waals surface area contributed by atoms with Crippen LogP contribution in [0.25, 0.3) is 0 Å². The molecule has 1 unspecified atom stereocenters. The predicted octanol–water partition coefficient (Wildman–Crippen LogP) is 6.22. The van der Waals surface area contributed by atoms with E-state index < -0.39 is 50.3 Å². The third-order valence-electron chi connectivity index (χ3n) is 8.86. The Bertz CT molecular complexity index is 1940. The fourth-order valence-electron chi connectivity index (χ4n) is 6.19. The molecule has 1 aliphatic heterocycles. The number of benzene rings is 3. The van der Waals surface area contributed by atoms with Crippen LogP contribution in [0.4, 0.5) is 18.9 Å². The standard InChI is InChI=1S/C35H33F3N4O6S/c36-24-15-28(37)33(29(38)16-24)49(46,47)42-14-13-31(42)34(43)41(20-25-18-40-30(19-39-25)23-9-5-2-6-10-23)26-11-12-27(35(44)45)32(17-26)48-21-22-7-3-1-4-8-22/h1,3-4,7-8,11-12,15-19,23,31H,2,5-6,9-10,13-14,20-21H2,(H,44,45). The van der Waals surface area contributed by atoms with Crippen molar-refractivity contribution in [2.75, 3.05) is 11.4 Å². The SMILES string of the molecule is O=C(O)c1ccc(N(Cc2cnc(C3CCCCC3)cn2)C(=O)C2CCN2S(=O)(=O)c2c(F)cc(F)cc2F)cc1OCc1ccccc1. The Kier molecular flexibility index (Phi) is 9.97. The molecule has 1 atom stereocenters. The predicted molar refractivity (Wildman–Crippen MR) is 172 cm³/mol. The molecule has 1 saturated carbocycles. The second-order valence-electron chi connectivity index (χ2n) is 12.1. The van der Waals surface area contributed by atoms with Crippen LogP contribution in [0, 0.1) is 17.5 Å². The zero-order valence-corrected chi connectivity index (χ0v) is 27.1. The van der Waals surface area contributed by atoms with Crippen molar-refractivity contribution in [2.45, 2.75) is 68.5 Å². The number of sulfonamides is 1. The van der Waals surface area contributed by atoms with Crippen LogP contribution in [0.1, 0.15) is 71.8 Å². The van der Waals surface area contributed by atoms with E-state index in [1.165, 1.54) is 29.5 Å². The molecule has 1 N–H and O–H groups in total. The van der Waals surface area contributed by atoms with Gasteiger partial charge >= 0.3 is 5.97 Å². The van der Waals surface area contributed by atoms with E-state index in [0.717, 1.165) is 36.9 Å². The van der Waals surface area contributed by atoms with Crippen molar-refractivity contribution in [1.82, 2.24) is 14.3 Å². The molecule has 4 aromatic rings. The van der Waals surface area contributed by atoms with Gasteiger partial charge in [-0.2, -0.15) is 4.31 Å². The van der Waals surface area contributed by atoms with Crippen molar-refractivity contribution < 1.29 is 41.0 Å².